The summed E-state index contributed by atoms with van der Waals surface area (Å²) >= 11 is 5.73. The van der Waals surface area contributed by atoms with Gasteiger partial charge in [-0.25, -0.2) is 0 Å². The molecule has 0 aliphatic rings. The van der Waals surface area contributed by atoms with Crippen molar-refractivity contribution < 1.29 is 5.11 Å². The van der Waals surface area contributed by atoms with Crippen molar-refractivity contribution >= 4 is 11.6 Å². The molecule has 0 aliphatic heterocycles. The number of hydrogen-bond donors (Lipinski definition) is 1. The molecule has 0 saturated heterocycles. The van der Waals surface area contributed by atoms with Gasteiger partial charge in [-0.05, 0) is 24.6 Å². The lowest BCUT2D eigenvalue weighted by Crippen LogP contribution is -2.17. The van der Waals surface area contributed by atoms with Crippen molar-refractivity contribution in [2.24, 2.45) is 0 Å². The van der Waals surface area contributed by atoms with Crippen LogP contribution in [0.25, 0.3) is 0 Å². The molecule has 1 rings (SSSR count). The zero-order valence-electron chi connectivity index (χ0n) is 6.71. The van der Waals surface area contributed by atoms with Crippen LogP contribution in [0.3, 0.4) is 0 Å². The van der Waals surface area contributed by atoms with Crippen LogP contribution in [0.4, 0.5) is 0 Å². The molecule has 62 valence electrons. The van der Waals surface area contributed by atoms with E-state index in [9.17, 15) is 5.11 Å². The van der Waals surface area contributed by atoms with Crippen LogP contribution in [0.2, 0.25) is 5.02 Å². The van der Waals surface area contributed by atoms with Crippen molar-refractivity contribution in [1.82, 2.24) is 0 Å². The van der Waals surface area contributed by atoms with Crippen LogP contribution >= 0.6 is 11.6 Å². The Morgan fingerprint density at radius 3 is 2.75 bits per heavy atom. The Morgan fingerprint density at radius 2 is 2.25 bits per heavy atom. The van der Waals surface area contributed by atoms with Gasteiger partial charge in [0.1, 0.15) is 5.60 Å². The Labute approximate surface area is 77.0 Å². The van der Waals surface area contributed by atoms with Crippen LogP contribution in [0, 0.1) is 12.3 Å². The van der Waals surface area contributed by atoms with E-state index < -0.39 is 5.60 Å². The molecule has 0 bridgehead atoms. The Balaban J connectivity index is 3.14. The van der Waals surface area contributed by atoms with Gasteiger partial charge in [-0.1, -0.05) is 29.7 Å². The molecular formula is C10H9ClO. The van der Waals surface area contributed by atoms with Crippen LogP contribution in [0.5, 0.6) is 0 Å². The topological polar surface area (TPSA) is 20.2 Å². The predicted octanol–water partition coefficient (Wildman–Crippen LogP) is 2.18. The third kappa shape index (κ3) is 1.79. The van der Waals surface area contributed by atoms with Gasteiger partial charge < -0.3 is 5.11 Å². The van der Waals surface area contributed by atoms with Crippen LogP contribution in [0.1, 0.15) is 12.5 Å². The summed E-state index contributed by atoms with van der Waals surface area (Å²) in [6.07, 6.45) is 5.15. The lowest BCUT2D eigenvalue weighted by atomic mass is 9.97. The molecule has 0 radical (unpaired) electrons. The highest BCUT2D eigenvalue weighted by atomic mass is 35.5. The van der Waals surface area contributed by atoms with Crippen molar-refractivity contribution in [3.63, 3.8) is 0 Å². The summed E-state index contributed by atoms with van der Waals surface area (Å²) in [6, 6.07) is 6.88. The minimum absolute atomic E-state index is 0.572. The highest BCUT2D eigenvalue weighted by Crippen LogP contribution is 2.22. The average molecular weight is 181 g/mol. The van der Waals surface area contributed by atoms with Crippen molar-refractivity contribution in [2.75, 3.05) is 0 Å². The molecule has 1 unspecified atom stereocenters. The fraction of sp³-hybridized carbons (Fsp3) is 0.200. The second-order valence-electron chi connectivity index (χ2n) is 2.73. The summed E-state index contributed by atoms with van der Waals surface area (Å²) in [5, 5.41) is 10.2. The van der Waals surface area contributed by atoms with Crippen LogP contribution in [-0.4, -0.2) is 5.11 Å². The van der Waals surface area contributed by atoms with Gasteiger partial charge in [-0.3, -0.25) is 0 Å². The maximum absolute atomic E-state index is 9.62. The first-order valence-electron chi connectivity index (χ1n) is 3.52. The summed E-state index contributed by atoms with van der Waals surface area (Å²) in [7, 11) is 0. The number of aliphatic hydroxyl groups is 1. The molecule has 0 heterocycles. The first-order chi connectivity index (χ1) is 5.56. The summed E-state index contributed by atoms with van der Waals surface area (Å²) < 4.78 is 0. The maximum atomic E-state index is 9.62. The summed E-state index contributed by atoms with van der Waals surface area (Å²) in [4.78, 5) is 0. The largest absolute Gasteiger partial charge is 0.374 e. The van der Waals surface area contributed by atoms with Crippen LogP contribution < -0.4 is 0 Å². The van der Waals surface area contributed by atoms with E-state index in [-0.39, 0.29) is 0 Å². The van der Waals surface area contributed by atoms with Crippen LogP contribution in [0.15, 0.2) is 24.3 Å². The minimum Gasteiger partial charge on any atom is -0.374 e. The van der Waals surface area contributed by atoms with Gasteiger partial charge in [0.25, 0.3) is 0 Å². The second-order valence-corrected chi connectivity index (χ2v) is 3.16. The summed E-state index contributed by atoms with van der Waals surface area (Å²) in [5.41, 5.74) is -0.595. The predicted molar refractivity (Wildman–Crippen MR) is 49.9 cm³/mol. The first-order valence-corrected chi connectivity index (χ1v) is 3.90. The fourth-order valence-corrected chi connectivity index (χ4v) is 1.06. The number of benzene rings is 1. The highest BCUT2D eigenvalue weighted by molar-refractivity contribution is 6.30. The van der Waals surface area contributed by atoms with E-state index in [2.05, 4.69) is 5.92 Å². The quantitative estimate of drug-likeness (QED) is 0.657. The molecule has 12 heavy (non-hydrogen) atoms. The monoisotopic (exact) mass is 180 g/mol. The number of hydrogen-bond acceptors (Lipinski definition) is 1. The molecule has 1 aromatic carbocycles. The number of halogens is 1. The third-order valence-corrected chi connectivity index (χ3v) is 1.90. The zero-order valence-corrected chi connectivity index (χ0v) is 7.47. The van der Waals surface area contributed by atoms with Crippen molar-refractivity contribution in [2.45, 2.75) is 12.5 Å². The molecule has 0 aromatic heterocycles. The van der Waals surface area contributed by atoms with Crippen molar-refractivity contribution in [3.8, 4) is 12.3 Å². The fourth-order valence-electron chi connectivity index (χ4n) is 0.875. The van der Waals surface area contributed by atoms with Crippen LogP contribution in [-0.2, 0) is 5.60 Å². The van der Waals surface area contributed by atoms with E-state index in [1.807, 2.05) is 0 Å². The maximum Gasteiger partial charge on any atom is 0.147 e. The first kappa shape index (κ1) is 9.12. The Hall–Kier alpha value is -0.970. The lowest BCUT2D eigenvalue weighted by molar-refractivity contribution is 0.122. The lowest BCUT2D eigenvalue weighted by Gasteiger charge is -2.16. The van der Waals surface area contributed by atoms with E-state index in [0.29, 0.717) is 10.6 Å². The Morgan fingerprint density at radius 1 is 1.58 bits per heavy atom. The van der Waals surface area contributed by atoms with Crippen molar-refractivity contribution in [3.05, 3.63) is 34.9 Å². The van der Waals surface area contributed by atoms with Gasteiger partial charge in [0, 0.05) is 5.02 Å². The van der Waals surface area contributed by atoms with Gasteiger partial charge >= 0.3 is 0 Å². The van der Waals surface area contributed by atoms with Gasteiger partial charge in [0.2, 0.25) is 0 Å². The molecule has 0 amide bonds. The molecular weight excluding hydrogens is 172 g/mol. The standard InChI is InChI=1S/C10H9ClO/c1-3-10(2,12)8-5-4-6-9(11)7-8/h1,4-7,12H,2H3. The molecule has 1 aromatic rings. The third-order valence-electron chi connectivity index (χ3n) is 1.67. The normalized spacial score (nSPS) is 14.8. The molecule has 2 heteroatoms. The van der Waals surface area contributed by atoms with E-state index >= 15 is 0 Å². The Kier molecular flexibility index (Phi) is 2.42. The zero-order chi connectivity index (χ0) is 9.19. The molecule has 1 atom stereocenters. The second kappa shape index (κ2) is 3.18. The molecule has 1 N–H and O–H groups in total. The van der Waals surface area contributed by atoms with Crippen molar-refractivity contribution in [1.29, 1.82) is 0 Å². The smallest absolute Gasteiger partial charge is 0.147 e. The summed E-state index contributed by atoms with van der Waals surface area (Å²) in [6.45, 7) is 1.55. The van der Waals surface area contributed by atoms with Gasteiger partial charge in [0.15, 0.2) is 0 Å². The van der Waals surface area contributed by atoms with Gasteiger partial charge in [-0.15, -0.1) is 6.42 Å². The minimum atomic E-state index is -1.23. The molecule has 1 nitrogen and oxygen atoms in total. The molecule has 0 spiro atoms. The molecule has 0 saturated carbocycles. The average Bonchev–Trinajstić information content (AvgIpc) is 2.05. The van der Waals surface area contributed by atoms with E-state index in [0.717, 1.165) is 0 Å². The van der Waals surface area contributed by atoms with Gasteiger partial charge in [-0.2, -0.15) is 0 Å². The number of terminal acetylenes is 1. The van der Waals surface area contributed by atoms with E-state index in [4.69, 9.17) is 18.0 Å². The SMILES string of the molecule is C#CC(C)(O)c1cccc(Cl)c1. The highest BCUT2D eigenvalue weighted by Gasteiger charge is 2.18. The molecule has 0 fully saturated rings. The summed E-state index contributed by atoms with van der Waals surface area (Å²) in [5.74, 6) is 2.28. The number of rotatable bonds is 1. The van der Waals surface area contributed by atoms with E-state index in [1.165, 1.54) is 0 Å². The molecule has 0 aliphatic carbocycles. The Bertz CT molecular complexity index is 323. The van der Waals surface area contributed by atoms with E-state index in [1.54, 1.807) is 31.2 Å². The van der Waals surface area contributed by atoms with Gasteiger partial charge in [0.05, 0.1) is 0 Å².